The van der Waals surface area contributed by atoms with Crippen molar-refractivity contribution in [2.45, 2.75) is 0 Å². The molecule has 3 aromatic carbocycles. The van der Waals surface area contributed by atoms with Gasteiger partial charge < -0.3 is 5.11 Å². The number of carbonyl (C=O) groups excluding carboxylic acids is 1. The molecule has 0 saturated heterocycles. The van der Waals surface area contributed by atoms with Crippen LogP contribution in [-0.2, 0) is 0 Å². The van der Waals surface area contributed by atoms with Gasteiger partial charge >= 0.3 is 0 Å². The molecule has 0 atom stereocenters. The van der Waals surface area contributed by atoms with Crippen LogP contribution in [0.15, 0.2) is 54.6 Å². The lowest BCUT2D eigenvalue weighted by atomic mass is 9.83. The summed E-state index contributed by atoms with van der Waals surface area (Å²) in [6, 6.07) is 16.6. The van der Waals surface area contributed by atoms with Crippen LogP contribution in [0.3, 0.4) is 0 Å². The van der Waals surface area contributed by atoms with Crippen molar-refractivity contribution >= 4 is 16.6 Å². The van der Waals surface area contributed by atoms with Crippen LogP contribution in [0.5, 0.6) is 5.75 Å². The third-order valence-corrected chi connectivity index (χ3v) is 3.67. The molecule has 1 N–H and O–H groups in total. The molecule has 0 fully saturated rings. The number of ketones is 1. The van der Waals surface area contributed by atoms with Gasteiger partial charge in [0.25, 0.3) is 0 Å². The average Bonchev–Trinajstić information content (AvgIpc) is 2.44. The third kappa shape index (κ3) is 1.28. The number of hydrogen-bond acceptors (Lipinski definition) is 2. The van der Waals surface area contributed by atoms with Crippen LogP contribution in [0.25, 0.3) is 21.9 Å². The fraction of sp³-hybridized carbons (Fsp3) is 0. The highest BCUT2D eigenvalue weighted by Gasteiger charge is 2.24. The standard InChI is InChI=1S/C17H10O2/c18-11-8-10-4-3-7-14-16(10)15(9-11)12-5-1-2-6-13(12)17(14)19/h1-9,18H. The molecule has 0 saturated carbocycles. The first-order valence-corrected chi connectivity index (χ1v) is 6.15. The zero-order valence-electron chi connectivity index (χ0n) is 10.1. The van der Waals surface area contributed by atoms with Crippen molar-refractivity contribution in [1.82, 2.24) is 0 Å². The Labute approximate surface area is 109 Å². The SMILES string of the molecule is O=C1c2ccccc2-c2cc(O)cc3cccc1c23. The van der Waals surface area contributed by atoms with Gasteiger partial charge in [-0.1, -0.05) is 42.5 Å². The van der Waals surface area contributed by atoms with Crippen LogP contribution < -0.4 is 0 Å². The van der Waals surface area contributed by atoms with Gasteiger partial charge in [0, 0.05) is 16.5 Å². The first-order chi connectivity index (χ1) is 9.25. The van der Waals surface area contributed by atoms with E-state index < -0.39 is 0 Å². The van der Waals surface area contributed by atoms with E-state index in [1.807, 2.05) is 42.5 Å². The second kappa shape index (κ2) is 3.45. The van der Waals surface area contributed by atoms with Gasteiger partial charge in [0.1, 0.15) is 5.75 Å². The van der Waals surface area contributed by atoms with Crippen molar-refractivity contribution in [1.29, 1.82) is 0 Å². The van der Waals surface area contributed by atoms with Crippen LogP contribution >= 0.6 is 0 Å². The maximum absolute atomic E-state index is 12.5. The number of carbonyl (C=O) groups is 1. The van der Waals surface area contributed by atoms with Crippen molar-refractivity contribution < 1.29 is 9.90 Å². The van der Waals surface area contributed by atoms with Gasteiger partial charge in [-0.05, 0) is 28.6 Å². The minimum absolute atomic E-state index is 0.0550. The van der Waals surface area contributed by atoms with Crippen LogP contribution in [0, 0.1) is 0 Å². The largest absolute Gasteiger partial charge is 0.508 e. The molecule has 2 nitrogen and oxygen atoms in total. The Kier molecular flexibility index (Phi) is 1.88. The molecule has 1 aliphatic rings. The zero-order valence-corrected chi connectivity index (χ0v) is 10.1. The summed E-state index contributed by atoms with van der Waals surface area (Å²) < 4.78 is 0. The van der Waals surface area contributed by atoms with E-state index >= 15 is 0 Å². The van der Waals surface area contributed by atoms with E-state index in [0.29, 0.717) is 11.1 Å². The number of fused-ring (bicyclic) bond motifs is 2. The molecule has 0 heterocycles. The Morgan fingerprint density at radius 2 is 1.47 bits per heavy atom. The minimum Gasteiger partial charge on any atom is -0.508 e. The Hall–Kier alpha value is -2.61. The van der Waals surface area contributed by atoms with Crippen LogP contribution in [0.1, 0.15) is 15.9 Å². The van der Waals surface area contributed by atoms with Gasteiger partial charge in [0.15, 0.2) is 5.78 Å². The predicted molar refractivity (Wildman–Crippen MR) is 74.5 cm³/mol. The lowest BCUT2D eigenvalue weighted by Gasteiger charge is -2.19. The molecule has 2 heteroatoms. The van der Waals surface area contributed by atoms with Crippen molar-refractivity contribution in [3.05, 3.63) is 65.7 Å². The molecule has 19 heavy (non-hydrogen) atoms. The highest BCUT2D eigenvalue weighted by molar-refractivity contribution is 6.25. The second-order valence-electron chi connectivity index (χ2n) is 4.77. The smallest absolute Gasteiger partial charge is 0.194 e. The molecular weight excluding hydrogens is 236 g/mol. The molecule has 0 bridgehead atoms. The topological polar surface area (TPSA) is 37.3 Å². The van der Waals surface area contributed by atoms with E-state index in [1.54, 1.807) is 12.1 Å². The Morgan fingerprint density at radius 1 is 0.737 bits per heavy atom. The average molecular weight is 246 g/mol. The summed E-state index contributed by atoms with van der Waals surface area (Å²) in [7, 11) is 0. The summed E-state index contributed by atoms with van der Waals surface area (Å²) in [6.07, 6.45) is 0. The van der Waals surface area contributed by atoms with Gasteiger partial charge in [0.2, 0.25) is 0 Å². The van der Waals surface area contributed by atoms with Gasteiger partial charge in [0.05, 0.1) is 0 Å². The summed E-state index contributed by atoms with van der Waals surface area (Å²) in [5, 5.41) is 11.7. The first-order valence-electron chi connectivity index (χ1n) is 6.15. The van der Waals surface area contributed by atoms with Crippen LogP contribution in [0.2, 0.25) is 0 Å². The molecule has 0 spiro atoms. The summed E-state index contributed by atoms with van der Waals surface area (Å²) >= 11 is 0. The number of phenolic OH excluding ortho intramolecular Hbond substituents is 1. The monoisotopic (exact) mass is 246 g/mol. The number of benzene rings is 3. The lowest BCUT2D eigenvalue weighted by molar-refractivity contribution is 0.104. The third-order valence-electron chi connectivity index (χ3n) is 3.67. The maximum atomic E-state index is 12.5. The molecule has 4 rings (SSSR count). The molecular formula is C17H10O2. The normalized spacial score (nSPS) is 12.5. The van der Waals surface area contributed by atoms with E-state index in [-0.39, 0.29) is 11.5 Å². The van der Waals surface area contributed by atoms with Crippen molar-refractivity contribution in [3.63, 3.8) is 0 Å². The molecule has 0 aliphatic heterocycles. The van der Waals surface area contributed by atoms with Crippen molar-refractivity contribution in [2.24, 2.45) is 0 Å². The van der Waals surface area contributed by atoms with E-state index in [9.17, 15) is 9.90 Å². The van der Waals surface area contributed by atoms with Gasteiger partial charge in [-0.25, -0.2) is 0 Å². The fourth-order valence-electron chi connectivity index (χ4n) is 2.87. The van der Waals surface area contributed by atoms with E-state index in [0.717, 1.165) is 21.9 Å². The van der Waals surface area contributed by atoms with E-state index in [2.05, 4.69) is 0 Å². The Balaban J connectivity index is 2.28. The van der Waals surface area contributed by atoms with E-state index in [4.69, 9.17) is 0 Å². The molecule has 0 amide bonds. The van der Waals surface area contributed by atoms with Crippen LogP contribution in [-0.4, -0.2) is 10.9 Å². The Bertz CT molecular complexity index is 847. The molecule has 90 valence electrons. The number of aromatic hydroxyl groups is 1. The first kappa shape index (κ1) is 10.3. The zero-order chi connectivity index (χ0) is 13.0. The van der Waals surface area contributed by atoms with Crippen molar-refractivity contribution in [3.8, 4) is 16.9 Å². The molecule has 3 aromatic rings. The number of rotatable bonds is 0. The summed E-state index contributed by atoms with van der Waals surface area (Å²) in [4.78, 5) is 12.5. The molecule has 0 aromatic heterocycles. The highest BCUT2D eigenvalue weighted by Crippen LogP contribution is 2.41. The fourth-order valence-corrected chi connectivity index (χ4v) is 2.87. The van der Waals surface area contributed by atoms with Crippen LogP contribution in [0.4, 0.5) is 0 Å². The molecule has 0 radical (unpaired) electrons. The van der Waals surface area contributed by atoms with Gasteiger partial charge in [-0.15, -0.1) is 0 Å². The Morgan fingerprint density at radius 3 is 2.32 bits per heavy atom. The summed E-state index contributed by atoms with van der Waals surface area (Å²) in [5.74, 6) is 0.281. The molecule has 0 unspecified atom stereocenters. The summed E-state index contributed by atoms with van der Waals surface area (Å²) in [5.41, 5.74) is 3.24. The predicted octanol–water partition coefficient (Wildman–Crippen LogP) is 3.76. The van der Waals surface area contributed by atoms with Crippen molar-refractivity contribution in [2.75, 3.05) is 0 Å². The number of hydrogen-bond donors (Lipinski definition) is 1. The summed E-state index contributed by atoms with van der Waals surface area (Å²) in [6.45, 7) is 0. The lowest BCUT2D eigenvalue weighted by Crippen LogP contribution is -2.09. The minimum atomic E-state index is 0.0550. The quantitative estimate of drug-likeness (QED) is 0.513. The maximum Gasteiger partial charge on any atom is 0.194 e. The van der Waals surface area contributed by atoms with Gasteiger partial charge in [-0.2, -0.15) is 0 Å². The van der Waals surface area contributed by atoms with Gasteiger partial charge in [-0.3, -0.25) is 4.79 Å². The molecule has 1 aliphatic carbocycles. The van der Waals surface area contributed by atoms with E-state index in [1.165, 1.54) is 0 Å². The second-order valence-corrected chi connectivity index (χ2v) is 4.77. The number of phenols is 1. The highest BCUT2D eigenvalue weighted by atomic mass is 16.3.